The Kier molecular flexibility index (Phi) is 4.18. The van der Waals surface area contributed by atoms with E-state index in [0.29, 0.717) is 11.8 Å². The summed E-state index contributed by atoms with van der Waals surface area (Å²) in [5.74, 6) is 1.16. The summed E-state index contributed by atoms with van der Waals surface area (Å²) >= 11 is 0. The Morgan fingerprint density at radius 3 is 2.13 bits per heavy atom. The third-order valence-corrected chi connectivity index (χ3v) is 4.23. The van der Waals surface area contributed by atoms with Gasteiger partial charge < -0.3 is 0 Å². The molecule has 0 aromatic heterocycles. The van der Waals surface area contributed by atoms with Gasteiger partial charge in [-0.25, -0.2) is 8.42 Å². The number of sulfonamides is 1. The quantitative estimate of drug-likeness (QED) is 0.704. The summed E-state index contributed by atoms with van der Waals surface area (Å²) in [6.45, 7) is 7.01. The van der Waals surface area contributed by atoms with Crippen molar-refractivity contribution in [2.24, 2.45) is 11.8 Å². The van der Waals surface area contributed by atoms with Crippen LogP contribution < -0.4 is 0 Å². The van der Waals surface area contributed by atoms with Crippen molar-refractivity contribution < 1.29 is 8.42 Å². The molecule has 1 aliphatic carbocycles. The first-order valence-electron chi connectivity index (χ1n) is 5.77. The van der Waals surface area contributed by atoms with Crippen LogP contribution >= 0.6 is 0 Å². The highest BCUT2D eigenvalue weighted by Gasteiger charge is 2.31. The molecule has 1 aliphatic rings. The first-order valence-corrected chi connectivity index (χ1v) is 7.62. The van der Waals surface area contributed by atoms with Gasteiger partial charge in [0.25, 0.3) is 0 Å². The molecule has 0 bridgehead atoms. The monoisotopic (exact) mass is 233 g/mol. The van der Waals surface area contributed by atoms with E-state index in [1.54, 1.807) is 4.31 Å². The number of nitrogens with zero attached hydrogens (tertiary/aromatic N) is 1. The van der Waals surface area contributed by atoms with Crippen LogP contribution in [0.5, 0.6) is 0 Å². The summed E-state index contributed by atoms with van der Waals surface area (Å²) in [6, 6.07) is 0.139. The molecule has 0 spiro atoms. The van der Waals surface area contributed by atoms with E-state index in [4.69, 9.17) is 0 Å². The lowest BCUT2D eigenvalue weighted by Gasteiger charge is -2.28. The highest BCUT2D eigenvalue weighted by molar-refractivity contribution is 7.88. The van der Waals surface area contributed by atoms with Crippen molar-refractivity contribution >= 4 is 10.0 Å². The highest BCUT2D eigenvalue weighted by atomic mass is 32.2. The summed E-state index contributed by atoms with van der Waals surface area (Å²) in [5.41, 5.74) is 0. The average Bonchev–Trinajstić information content (AvgIpc) is 2.78. The molecule has 0 aromatic rings. The predicted octanol–water partition coefficient (Wildman–Crippen LogP) is 2.09. The number of rotatable bonds is 6. The van der Waals surface area contributed by atoms with E-state index in [0.717, 1.165) is 13.0 Å². The molecule has 0 saturated heterocycles. The number of hydrogen-bond acceptors (Lipinski definition) is 2. The molecule has 15 heavy (non-hydrogen) atoms. The van der Waals surface area contributed by atoms with Gasteiger partial charge in [0.05, 0.1) is 6.26 Å². The first kappa shape index (κ1) is 13.0. The van der Waals surface area contributed by atoms with Crippen molar-refractivity contribution in [2.75, 3.05) is 12.8 Å². The Morgan fingerprint density at radius 1 is 1.27 bits per heavy atom. The zero-order valence-corrected chi connectivity index (χ0v) is 11.0. The standard InChI is InChI=1S/C11H23NO2S/c1-9(2)7-10(3)12(15(4,13)14)8-11-5-6-11/h9-11H,5-8H2,1-4H3/t10-/m1/s1. The summed E-state index contributed by atoms with van der Waals surface area (Å²) in [6.07, 6.45) is 4.66. The van der Waals surface area contributed by atoms with Crippen LogP contribution in [0.25, 0.3) is 0 Å². The third-order valence-electron chi connectivity index (χ3n) is 2.87. The summed E-state index contributed by atoms with van der Waals surface area (Å²) < 4.78 is 25.0. The van der Waals surface area contributed by atoms with Gasteiger partial charge >= 0.3 is 0 Å². The van der Waals surface area contributed by atoms with Gasteiger partial charge in [-0.3, -0.25) is 0 Å². The van der Waals surface area contributed by atoms with E-state index >= 15 is 0 Å². The van der Waals surface area contributed by atoms with Gasteiger partial charge in [0, 0.05) is 12.6 Å². The molecule has 0 aliphatic heterocycles. The molecular formula is C11H23NO2S. The minimum absolute atomic E-state index is 0.139. The van der Waals surface area contributed by atoms with Gasteiger partial charge in [-0.2, -0.15) is 4.31 Å². The molecule has 1 fully saturated rings. The molecule has 3 nitrogen and oxygen atoms in total. The Morgan fingerprint density at radius 2 is 1.80 bits per heavy atom. The van der Waals surface area contributed by atoms with Gasteiger partial charge in [-0.15, -0.1) is 0 Å². The molecule has 1 rings (SSSR count). The highest BCUT2D eigenvalue weighted by Crippen LogP contribution is 2.31. The van der Waals surface area contributed by atoms with Crippen LogP contribution in [0.3, 0.4) is 0 Å². The molecule has 0 heterocycles. The van der Waals surface area contributed by atoms with Crippen molar-refractivity contribution in [1.29, 1.82) is 0 Å². The maximum absolute atomic E-state index is 11.6. The summed E-state index contributed by atoms with van der Waals surface area (Å²) in [4.78, 5) is 0. The lowest BCUT2D eigenvalue weighted by atomic mass is 10.1. The molecule has 1 atom stereocenters. The molecule has 0 amide bonds. The Hall–Kier alpha value is -0.0900. The summed E-state index contributed by atoms with van der Waals surface area (Å²) in [7, 11) is -3.03. The van der Waals surface area contributed by atoms with E-state index in [-0.39, 0.29) is 6.04 Å². The van der Waals surface area contributed by atoms with Crippen LogP contribution in [0.2, 0.25) is 0 Å². The lowest BCUT2D eigenvalue weighted by Crippen LogP contribution is -2.40. The molecule has 0 aromatic carbocycles. The van der Waals surface area contributed by atoms with Gasteiger partial charge in [0.1, 0.15) is 0 Å². The van der Waals surface area contributed by atoms with Crippen LogP contribution in [0, 0.1) is 11.8 Å². The maximum atomic E-state index is 11.6. The minimum Gasteiger partial charge on any atom is -0.212 e. The first-order chi connectivity index (χ1) is 6.80. The fourth-order valence-corrected chi connectivity index (χ4v) is 3.22. The zero-order chi connectivity index (χ0) is 11.6. The zero-order valence-electron chi connectivity index (χ0n) is 10.2. The molecular weight excluding hydrogens is 210 g/mol. The topological polar surface area (TPSA) is 37.4 Å². The van der Waals surface area contributed by atoms with E-state index < -0.39 is 10.0 Å². The molecule has 0 N–H and O–H groups in total. The second-order valence-electron chi connectivity index (χ2n) is 5.25. The average molecular weight is 233 g/mol. The maximum Gasteiger partial charge on any atom is 0.211 e. The Balaban J connectivity index is 2.61. The van der Waals surface area contributed by atoms with Gasteiger partial charge in [-0.05, 0) is 38.0 Å². The van der Waals surface area contributed by atoms with Crippen LogP contribution in [0.15, 0.2) is 0 Å². The van der Waals surface area contributed by atoms with Gasteiger partial charge in [0.2, 0.25) is 10.0 Å². The normalized spacial score (nSPS) is 19.9. The van der Waals surface area contributed by atoms with E-state index in [1.165, 1.54) is 19.1 Å². The van der Waals surface area contributed by atoms with Crippen LogP contribution in [0.1, 0.15) is 40.0 Å². The van der Waals surface area contributed by atoms with Crippen LogP contribution in [-0.4, -0.2) is 31.6 Å². The molecule has 1 saturated carbocycles. The third kappa shape index (κ3) is 4.51. The molecule has 0 unspecified atom stereocenters. The van der Waals surface area contributed by atoms with Crippen LogP contribution in [-0.2, 0) is 10.0 Å². The molecule has 0 radical (unpaired) electrons. The Bertz CT molecular complexity index is 294. The van der Waals surface area contributed by atoms with Crippen molar-refractivity contribution in [1.82, 2.24) is 4.31 Å². The second-order valence-corrected chi connectivity index (χ2v) is 7.19. The predicted molar refractivity (Wildman–Crippen MR) is 63.2 cm³/mol. The lowest BCUT2D eigenvalue weighted by molar-refractivity contribution is 0.290. The molecule has 4 heteroatoms. The van der Waals surface area contributed by atoms with Gasteiger partial charge in [-0.1, -0.05) is 13.8 Å². The largest absolute Gasteiger partial charge is 0.212 e. The fourth-order valence-electron chi connectivity index (χ4n) is 2.00. The second kappa shape index (κ2) is 4.83. The van der Waals surface area contributed by atoms with Crippen LogP contribution in [0.4, 0.5) is 0 Å². The van der Waals surface area contributed by atoms with Gasteiger partial charge in [0.15, 0.2) is 0 Å². The smallest absolute Gasteiger partial charge is 0.211 e. The minimum atomic E-state index is -3.03. The SMILES string of the molecule is CC(C)C[C@@H](C)N(CC1CC1)S(C)(=O)=O. The fraction of sp³-hybridized carbons (Fsp3) is 1.00. The van der Waals surface area contributed by atoms with Crippen molar-refractivity contribution in [3.05, 3.63) is 0 Å². The number of hydrogen-bond donors (Lipinski definition) is 0. The van der Waals surface area contributed by atoms with Crippen molar-refractivity contribution in [3.8, 4) is 0 Å². The van der Waals surface area contributed by atoms with E-state index in [9.17, 15) is 8.42 Å². The van der Waals surface area contributed by atoms with Crippen molar-refractivity contribution in [3.63, 3.8) is 0 Å². The van der Waals surface area contributed by atoms with Crippen molar-refractivity contribution in [2.45, 2.75) is 46.1 Å². The Labute approximate surface area is 93.9 Å². The molecule has 90 valence electrons. The van der Waals surface area contributed by atoms with E-state index in [2.05, 4.69) is 13.8 Å². The summed E-state index contributed by atoms with van der Waals surface area (Å²) in [5, 5.41) is 0. The van der Waals surface area contributed by atoms with E-state index in [1.807, 2.05) is 6.92 Å².